The molecule has 0 aromatic carbocycles. The third-order valence-corrected chi connectivity index (χ3v) is 2.66. The Morgan fingerprint density at radius 1 is 1.38 bits per heavy atom. The number of hydrogen-bond donors (Lipinski definition) is 2. The van der Waals surface area contributed by atoms with Crippen molar-refractivity contribution in [3.05, 3.63) is 11.4 Å². The van der Waals surface area contributed by atoms with E-state index in [0.717, 1.165) is 11.4 Å². The van der Waals surface area contributed by atoms with Crippen molar-refractivity contribution >= 4 is 11.9 Å². The molecule has 0 aliphatic carbocycles. The predicted molar refractivity (Wildman–Crippen MR) is 59.3 cm³/mol. The van der Waals surface area contributed by atoms with Crippen LogP contribution in [0.5, 0.6) is 0 Å². The van der Waals surface area contributed by atoms with Gasteiger partial charge < -0.3 is 10.4 Å². The van der Waals surface area contributed by atoms with Crippen LogP contribution in [0.15, 0.2) is 0 Å². The summed E-state index contributed by atoms with van der Waals surface area (Å²) < 4.78 is 0. The SMILES string of the molecule is CCC(C)(Nc1nnc(C)c(C)n1)C(=O)O. The molecule has 6 nitrogen and oxygen atoms in total. The van der Waals surface area contributed by atoms with Crippen LogP contribution >= 0.6 is 0 Å². The van der Waals surface area contributed by atoms with Crippen LogP contribution in [-0.4, -0.2) is 31.8 Å². The highest BCUT2D eigenvalue weighted by molar-refractivity contribution is 5.81. The second kappa shape index (κ2) is 4.42. The fourth-order valence-electron chi connectivity index (χ4n) is 1.05. The van der Waals surface area contributed by atoms with E-state index >= 15 is 0 Å². The lowest BCUT2D eigenvalue weighted by Crippen LogP contribution is -2.43. The zero-order valence-electron chi connectivity index (χ0n) is 9.90. The van der Waals surface area contributed by atoms with Crippen molar-refractivity contribution in [3.63, 3.8) is 0 Å². The highest BCUT2D eigenvalue weighted by Gasteiger charge is 2.31. The molecule has 88 valence electrons. The number of anilines is 1. The first kappa shape index (κ1) is 12.4. The zero-order valence-corrected chi connectivity index (χ0v) is 9.90. The van der Waals surface area contributed by atoms with Crippen LogP contribution in [0.25, 0.3) is 0 Å². The molecule has 1 aromatic heterocycles. The quantitative estimate of drug-likeness (QED) is 0.797. The lowest BCUT2D eigenvalue weighted by Gasteiger charge is -2.24. The van der Waals surface area contributed by atoms with Crippen molar-refractivity contribution in [1.29, 1.82) is 0 Å². The number of carboxylic acid groups (broad SMARTS) is 1. The monoisotopic (exact) mass is 224 g/mol. The molecule has 1 rings (SSSR count). The second-order valence-corrected chi connectivity index (χ2v) is 3.92. The smallest absolute Gasteiger partial charge is 0.329 e. The van der Waals surface area contributed by atoms with Crippen molar-refractivity contribution < 1.29 is 9.90 Å². The van der Waals surface area contributed by atoms with Crippen LogP contribution in [-0.2, 0) is 4.79 Å². The molecule has 0 fully saturated rings. The van der Waals surface area contributed by atoms with Crippen molar-refractivity contribution in [1.82, 2.24) is 15.2 Å². The summed E-state index contributed by atoms with van der Waals surface area (Å²) >= 11 is 0. The number of carboxylic acids is 1. The van der Waals surface area contributed by atoms with E-state index in [-0.39, 0.29) is 5.95 Å². The van der Waals surface area contributed by atoms with Gasteiger partial charge in [-0.2, -0.15) is 5.10 Å². The van der Waals surface area contributed by atoms with Gasteiger partial charge >= 0.3 is 5.97 Å². The molecule has 1 aromatic rings. The number of hydrogen-bond acceptors (Lipinski definition) is 5. The van der Waals surface area contributed by atoms with Crippen LogP contribution in [0.4, 0.5) is 5.95 Å². The van der Waals surface area contributed by atoms with E-state index in [0.29, 0.717) is 6.42 Å². The molecule has 0 saturated carbocycles. The minimum atomic E-state index is -1.07. The largest absolute Gasteiger partial charge is 0.480 e. The lowest BCUT2D eigenvalue weighted by molar-refractivity contribution is -0.141. The summed E-state index contributed by atoms with van der Waals surface area (Å²) in [6.07, 6.45) is 0.429. The summed E-state index contributed by atoms with van der Waals surface area (Å²) in [5.41, 5.74) is 0.407. The van der Waals surface area contributed by atoms with E-state index in [4.69, 9.17) is 5.11 Å². The highest BCUT2D eigenvalue weighted by Crippen LogP contribution is 2.15. The van der Waals surface area contributed by atoms with E-state index in [1.807, 2.05) is 0 Å². The van der Waals surface area contributed by atoms with Crippen molar-refractivity contribution in [2.75, 3.05) is 5.32 Å². The van der Waals surface area contributed by atoms with Gasteiger partial charge in [0.25, 0.3) is 0 Å². The minimum absolute atomic E-state index is 0.245. The van der Waals surface area contributed by atoms with Gasteiger partial charge in [-0.05, 0) is 27.2 Å². The normalized spacial score (nSPS) is 14.2. The van der Waals surface area contributed by atoms with Crippen molar-refractivity contribution in [2.45, 2.75) is 39.7 Å². The molecule has 0 spiro atoms. The van der Waals surface area contributed by atoms with Gasteiger partial charge in [0.15, 0.2) is 0 Å². The zero-order chi connectivity index (χ0) is 12.3. The van der Waals surface area contributed by atoms with E-state index in [1.54, 1.807) is 27.7 Å². The number of aliphatic carboxylic acids is 1. The van der Waals surface area contributed by atoms with Crippen LogP contribution in [0.1, 0.15) is 31.7 Å². The molecule has 0 amide bonds. The summed E-state index contributed by atoms with van der Waals surface area (Å²) in [7, 11) is 0. The Morgan fingerprint density at radius 3 is 2.44 bits per heavy atom. The van der Waals surface area contributed by atoms with Gasteiger partial charge in [-0.1, -0.05) is 6.92 Å². The van der Waals surface area contributed by atoms with Crippen LogP contribution in [0.3, 0.4) is 0 Å². The van der Waals surface area contributed by atoms with Crippen LogP contribution in [0.2, 0.25) is 0 Å². The van der Waals surface area contributed by atoms with E-state index in [2.05, 4.69) is 20.5 Å². The molecular formula is C10H16N4O2. The van der Waals surface area contributed by atoms with Gasteiger partial charge in [0.05, 0.1) is 11.4 Å². The maximum absolute atomic E-state index is 11.1. The van der Waals surface area contributed by atoms with Gasteiger partial charge in [-0.25, -0.2) is 9.78 Å². The van der Waals surface area contributed by atoms with E-state index in [1.165, 1.54) is 0 Å². The Morgan fingerprint density at radius 2 is 2.00 bits per heavy atom. The summed E-state index contributed by atoms with van der Waals surface area (Å²) in [6, 6.07) is 0. The summed E-state index contributed by atoms with van der Waals surface area (Å²) in [5, 5.41) is 19.6. The Bertz CT molecular complexity index is 408. The molecular weight excluding hydrogens is 208 g/mol. The lowest BCUT2D eigenvalue weighted by atomic mass is 10.00. The molecule has 0 aliphatic heterocycles. The number of aromatic nitrogens is 3. The summed E-state index contributed by atoms with van der Waals surface area (Å²) in [6.45, 7) is 6.98. The Hall–Kier alpha value is -1.72. The number of carbonyl (C=O) groups is 1. The Labute approximate surface area is 94.1 Å². The summed E-state index contributed by atoms with van der Waals surface area (Å²) in [4.78, 5) is 15.2. The van der Waals surface area contributed by atoms with E-state index in [9.17, 15) is 4.79 Å². The molecule has 0 bridgehead atoms. The van der Waals surface area contributed by atoms with Gasteiger partial charge in [0, 0.05) is 0 Å². The van der Waals surface area contributed by atoms with Crippen LogP contribution < -0.4 is 5.32 Å². The fourth-order valence-corrected chi connectivity index (χ4v) is 1.05. The first-order valence-electron chi connectivity index (χ1n) is 5.08. The molecule has 6 heteroatoms. The molecule has 0 aliphatic rings. The molecule has 0 radical (unpaired) electrons. The Kier molecular flexibility index (Phi) is 3.41. The van der Waals surface area contributed by atoms with Gasteiger partial charge in [0.2, 0.25) is 5.95 Å². The molecule has 2 N–H and O–H groups in total. The van der Waals surface area contributed by atoms with E-state index < -0.39 is 11.5 Å². The Balaban J connectivity index is 2.95. The van der Waals surface area contributed by atoms with Crippen LogP contribution in [0, 0.1) is 13.8 Å². The third kappa shape index (κ3) is 2.44. The molecule has 0 saturated heterocycles. The second-order valence-electron chi connectivity index (χ2n) is 3.92. The number of rotatable bonds is 4. The average molecular weight is 224 g/mol. The van der Waals surface area contributed by atoms with Crippen molar-refractivity contribution in [2.24, 2.45) is 0 Å². The maximum Gasteiger partial charge on any atom is 0.329 e. The standard InChI is InChI=1S/C10H16N4O2/c1-5-10(4,8(15)16)12-9-11-6(2)7(3)13-14-9/h5H2,1-4H3,(H,15,16)(H,11,12,14). The van der Waals surface area contributed by atoms with Gasteiger partial charge in [-0.3, -0.25) is 0 Å². The maximum atomic E-state index is 11.1. The fraction of sp³-hybridized carbons (Fsp3) is 0.600. The van der Waals surface area contributed by atoms with Gasteiger partial charge in [-0.15, -0.1) is 5.10 Å². The molecule has 1 unspecified atom stereocenters. The molecule has 1 atom stereocenters. The number of nitrogens with one attached hydrogen (secondary N) is 1. The number of nitrogens with zero attached hydrogens (tertiary/aromatic N) is 3. The third-order valence-electron chi connectivity index (χ3n) is 2.66. The summed E-state index contributed by atoms with van der Waals surface area (Å²) in [5.74, 6) is -0.688. The average Bonchev–Trinajstić information content (AvgIpc) is 2.23. The molecule has 1 heterocycles. The topological polar surface area (TPSA) is 88.0 Å². The number of aryl methyl sites for hydroxylation is 2. The highest BCUT2D eigenvalue weighted by atomic mass is 16.4. The molecule has 16 heavy (non-hydrogen) atoms. The first-order chi connectivity index (χ1) is 7.39. The first-order valence-corrected chi connectivity index (χ1v) is 5.08. The predicted octanol–water partition coefficient (Wildman–Crippen LogP) is 1.15. The van der Waals surface area contributed by atoms with Gasteiger partial charge in [0.1, 0.15) is 5.54 Å². The van der Waals surface area contributed by atoms with Crippen molar-refractivity contribution in [3.8, 4) is 0 Å². The minimum Gasteiger partial charge on any atom is -0.480 e.